The molecule has 1 aliphatic rings. The van der Waals surface area contributed by atoms with Crippen LogP contribution < -0.4 is 5.32 Å². The van der Waals surface area contributed by atoms with Crippen LogP contribution in [0, 0.1) is 5.82 Å². The van der Waals surface area contributed by atoms with Crippen LogP contribution in [0.4, 0.5) is 10.1 Å². The summed E-state index contributed by atoms with van der Waals surface area (Å²) >= 11 is 0. The summed E-state index contributed by atoms with van der Waals surface area (Å²) in [4.78, 5) is 10.8. The predicted molar refractivity (Wildman–Crippen MR) is 63.9 cm³/mol. The second kappa shape index (κ2) is 5.17. The second-order valence-corrected chi connectivity index (χ2v) is 4.48. The number of aromatic carboxylic acids is 1. The molecule has 4 heteroatoms. The van der Waals surface area contributed by atoms with E-state index >= 15 is 0 Å². The second-order valence-electron chi connectivity index (χ2n) is 4.48. The summed E-state index contributed by atoms with van der Waals surface area (Å²) in [5, 5.41) is 12.0. The van der Waals surface area contributed by atoms with Gasteiger partial charge in [-0.25, -0.2) is 9.18 Å². The Morgan fingerprint density at radius 1 is 1.29 bits per heavy atom. The van der Waals surface area contributed by atoms with Gasteiger partial charge in [0.1, 0.15) is 5.82 Å². The van der Waals surface area contributed by atoms with Crippen LogP contribution in [-0.2, 0) is 0 Å². The Hall–Kier alpha value is -1.58. The van der Waals surface area contributed by atoms with Crippen molar-refractivity contribution in [2.24, 2.45) is 0 Å². The largest absolute Gasteiger partial charge is 0.478 e. The van der Waals surface area contributed by atoms with Gasteiger partial charge in [-0.05, 0) is 31.0 Å². The Balaban J connectivity index is 2.13. The van der Waals surface area contributed by atoms with E-state index in [1.165, 1.54) is 24.6 Å². The number of carboxylic acids is 1. The lowest BCUT2D eigenvalue weighted by Gasteiger charge is -2.24. The summed E-state index contributed by atoms with van der Waals surface area (Å²) in [5.74, 6) is -1.42. The SMILES string of the molecule is O=C(O)c1ccc(F)c(NC2CCCCC2)c1. The minimum absolute atomic E-state index is 0.115. The molecular formula is C13H16FNO2. The van der Waals surface area contributed by atoms with E-state index in [9.17, 15) is 9.18 Å². The molecule has 17 heavy (non-hydrogen) atoms. The summed E-state index contributed by atoms with van der Waals surface area (Å²) in [6, 6.07) is 4.12. The average molecular weight is 237 g/mol. The third kappa shape index (κ3) is 2.96. The molecule has 0 aromatic heterocycles. The fourth-order valence-corrected chi connectivity index (χ4v) is 2.24. The minimum atomic E-state index is -1.03. The maximum absolute atomic E-state index is 13.5. The van der Waals surface area contributed by atoms with E-state index in [0.717, 1.165) is 25.7 Å². The summed E-state index contributed by atoms with van der Waals surface area (Å²) in [6.45, 7) is 0. The minimum Gasteiger partial charge on any atom is -0.478 e. The van der Waals surface area contributed by atoms with Crippen LogP contribution in [0.5, 0.6) is 0 Å². The quantitative estimate of drug-likeness (QED) is 0.848. The lowest BCUT2D eigenvalue weighted by atomic mass is 9.95. The molecule has 2 N–H and O–H groups in total. The highest BCUT2D eigenvalue weighted by Gasteiger charge is 2.15. The Kier molecular flexibility index (Phi) is 3.61. The molecule has 1 saturated carbocycles. The highest BCUT2D eigenvalue weighted by Crippen LogP contribution is 2.24. The number of rotatable bonds is 3. The zero-order chi connectivity index (χ0) is 12.3. The van der Waals surface area contributed by atoms with Crippen molar-refractivity contribution in [2.75, 3.05) is 5.32 Å². The smallest absolute Gasteiger partial charge is 0.335 e. The molecule has 0 heterocycles. The van der Waals surface area contributed by atoms with E-state index in [4.69, 9.17) is 5.11 Å². The highest BCUT2D eigenvalue weighted by molar-refractivity contribution is 5.88. The van der Waals surface area contributed by atoms with Crippen LogP contribution in [-0.4, -0.2) is 17.1 Å². The number of hydrogen-bond donors (Lipinski definition) is 2. The monoisotopic (exact) mass is 237 g/mol. The van der Waals surface area contributed by atoms with Gasteiger partial charge in [0.15, 0.2) is 0 Å². The zero-order valence-electron chi connectivity index (χ0n) is 9.58. The maximum Gasteiger partial charge on any atom is 0.335 e. The summed E-state index contributed by atoms with van der Waals surface area (Å²) < 4.78 is 13.5. The standard InChI is InChI=1S/C13H16FNO2/c14-11-7-6-9(13(16)17)8-12(11)15-10-4-2-1-3-5-10/h6-8,10,15H,1-5H2,(H,16,17). The van der Waals surface area contributed by atoms with Crippen molar-refractivity contribution in [3.05, 3.63) is 29.6 Å². The lowest BCUT2D eigenvalue weighted by molar-refractivity contribution is 0.0697. The molecule has 1 aromatic carbocycles. The molecule has 0 bridgehead atoms. The third-order valence-electron chi connectivity index (χ3n) is 3.18. The fraction of sp³-hybridized carbons (Fsp3) is 0.462. The van der Waals surface area contributed by atoms with Crippen LogP contribution in [0.15, 0.2) is 18.2 Å². The molecular weight excluding hydrogens is 221 g/mol. The summed E-state index contributed by atoms with van der Waals surface area (Å²) in [6.07, 6.45) is 5.58. The molecule has 1 fully saturated rings. The molecule has 1 aliphatic carbocycles. The van der Waals surface area contributed by atoms with Gasteiger partial charge in [0.2, 0.25) is 0 Å². The van der Waals surface area contributed by atoms with E-state index < -0.39 is 5.97 Å². The molecule has 3 nitrogen and oxygen atoms in total. The van der Waals surface area contributed by atoms with E-state index in [0.29, 0.717) is 5.69 Å². The van der Waals surface area contributed by atoms with Gasteiger partial charge in [0.05, 0.1) is 11.3 Å². The van der Waals surface area contributed by atoms with Gasteiger partial charge in [-0.15, -0.1) is 0 Å². The first-order valence-electron chi connectivity index (χ1n) is 5.96. The highest BCUT2D eigenvalue weighted by atomic mass is 19.1. The average Bonchev–Trinajstić information content (AvgIpc) is 2.33. The van der Waals surface area contributed by atoms with Gasteiger partial charge < -0.3 is 10.4 Å². The van der Waals surface area contributed by atoms with Gasteiger partial charge >= 0.3 is 5.97 Å². The van der Waals surface area contributed by atoms with Gasteiger partial charge in [-0.3, -0.25) is 0 Å². The normalized spacial score (nSPS) is 16.8. The Morgan fingerprint density at radius 2 is 2.00 bits per heavy atom. The molecule has 0 saturated heterocycles. The molecule has 0 radical (unpaired) electrons. The van der Waals surface area contributed by atoms with Crippen molar-refractivity contribution in [3.8, 4) is 0 Å². The van der Waals surface area contributed by atoms with Crippen molar-refractivity contribution in [2.45, 2.75) is 38.1 Å². The van der Waals surface area contributed by atoms with Crippen molar-refractivity contribution in [1.29, 1.82) is 0 Å². The number of hydrogen-bond acceptors (Lipinski definition) is 2. The molecule has 1 aromatic rings. The molecule has 0 spiro atoms. The van der Waals surface area contributed by atoms with Crippen LogP contribution in [0.3, 0.4) is 0 Å². The number of nitrogens with one attached hydrogen (secondary N) is 1. The Labute approximate surface area is 99.7 Å². The number of benzene rings is 1. The van der Waals surface area contributed by atoms with Crippen molar-refractivity contribution >= 4 is 11.7 Å². The molecule has 0 unspecified atom stereocenters. The van der Waals surface area contributed by atoms with E-state index in [-0.39, 0.29) is 17.4 Å². The van der Waals surface area contributed by atoms with Crippen molar-refractivity contribution in [1.82, 2.24) is 0 Å². The number of carboxylic acid groups (broad SMARTS) is 1. The van der Waals surface area contributed by atoms with Crippen LogP contribution in [0.25, 0.3) is 0 Å². The zero-order valence-corrected chi connectivity index (χ0v) is 9.58. The van der Waals surface area contributed by atoms with Gasteiger partial charge in [0.25, 0.3) is 0 Å². The van der Waals surface area contributed by atoms with Crippen LogP contribution in [0.2, 0.25) is 0 Å². The lowest BCUT2D eigenvalue weighted by Crippen LogP contribution is -2.23. The number of anilines is 1. The fourth-order valence-electron chi connectivity index (χ4n) is 2.24. The maximum atomic E-state index is 13.5. The first kappa shape index (κ1) is 11.9. The van der Waals surface area contributed by atoms with Crippen LogP contribution in [0.1, 0.15) is 42.5 Å². The first-order chi connectivity index (χ1) is 8.16. The topological polar surface area (TPSA) is 49.3 Å². The summed E-state index contributed by atoms with van der Waals surface area (Å²) in [5.41, 5.74) is 0.418. The van der Waals surface area contributed by atoms with Crippen molar-refractivity contribution < 1.29 is 14.3 Å². The Morgan fingerprint density at radius 3 is 2.65 bits per heavy atom. The first-order valence-corrected chi connectivity index (χ1v) is 5.96. The molecule has 92 valence electrons. The van der Waals surface area contributed by atoms with Gasteiger partial charge in [0, 0.05) is 6.04 Å². The van der Waals surface area contributed by atoms with E-state index in [2.05, 4.69) is 5.32 Å². The molecule has 0 aliphatic heterocycles. The van der Waals surface area contributed by atoms with Crippen molar-refractivity contribution in [3.63, 3.8) is 0 Å². The Bertz CT molecular complexity index is 414. The molecule has 2 rings (SSSR count). The van der Waals surface area contributed by atoms with Crippen LogP contribution >= 0.6 is 0 Å². The van der Waals surface area contributed by atoms with E-state index in [1.54, 1.807) is 0 Å². The predicted octanol–water partition coefficient (Wildman–Crippen LogP) is 3.27. The van der Waals surface area contributed by atoms with E-state index in [1.807, 2.05) is 0 Å². The number of halogens is 1. The molecule has 0 atom stereocenters. The van der Waals surface area contributed by atoms with Gasteiger partial charge in [-0.1, -0.05) is 19.3 Å². The van der Waals surface area contributed by atoms with Gasteiger partial charge in [-0.2, -0.15) is 0 Å². The third-order valence-corrected chi connectivity index (χ3v) is 3.18. The molecule has 0 amide bonds. The number of carbonyl (C=O) groups is 1. The summed E-state index contributed by atoms with van der Waals surface area (Å²) in [7, 11) is 0.